The van der Waals surface area contributed by atoms with Gasteiger partial charge >= 0.3 is 0 Å². The lowest BCUT2D eigenvalue weighted by Gasteiger charge is -2.32. The fourth-order valence-electron chi connectivity index (χ4n) is 3.30. The maximum atomic E-state index is 6.19. The van der Waals surface area contributed by atoms with Gasteiger partial charge < -0.3 is 47.9 Å². The average Bonchev–Trinajstić information content (AvgIpc) is 2.58. The number of hydrogen-bond donors (Lipinski definition) is 3. The van der Waals surface area contributed by atoms with Gasteiger partial charge in [-0.1, -0.05) is 0 Å². The Morgan fingerprint density at radius 2 is 1.85 bits per heavy atom. The molecule has 0 saturated carbocycles. The van der Waals surface area contributed by atoms with Crippen molar-refractivity contribution in [1.29, 1.82) is 0 Å². The lowest BCUT2D eigenvalue weighted by atomic mass is 10.1. The van der Waals surface area contributed by atoms with Crippen molar-refractivity contribution in [1.82, 2.24) is 5.32 Å². The molecule has 9 nitrogen and oxygen atoms in total. The third-order valence-electron chi connectivity index (χ3n) is 4.64. The molecule has 2 aliphatic rings. The van der Waals surface area contributed by atoms with Gasteiger partial charge in [0.1, 0.15) is 0 Å². The van der Waals surface area contributed by atoms with Crippen molar-refractivity contribution in [3.63, 3.8) is 0 Å². The van der Waals surface area contributed by atoms with Gasteiger partial charge in [0.25, 0.3) is 0 Å². The van der Waals surface area contributed by atoms with Crippen LogP contribution in [0.25, 0.3) is 0 Å². The molecule has 26 heavy (non-hydrogen) atoms. The Morgan fingerprint density at radius 3 is 2.46 bits per heavy atom. The average molecular weight is 376 g/mol. The van der Waals surface area contributed by atoms with Crippen molar-refractivity contribution in [2.45, 2.75) is 38.3 Å². The van der Waals surface area contributed by atoms with Crippen LogP contribution in [0.1, 0.15) is 26.2 Å². The molecular weight excluding hydrogens is 340 g/mol. The van der Waals surface area contributed by atoms with Gasteiger partial charge in [-0.3, -0.25) is 0 Å². The van der Waals surface area contributed by atoms with Crippen molar-refractivity contribution < 1.29 is 26.6 Å². The van der Waals surface area contributed by atoms with Crippen LogP contribution in [0.2, 0.25) is 0 Å². The predicted molar refractivity (Wildman–Crippen MR) is 107 cm³/mol. The number of benzene rings is 1. The SMILES string of the molecule is CC(Nc1ccc(N)c(N2CCCCC2)c1)C1CNCCO1.O.O.O.O. The van der Waals surface area contributed by atoms with Crippen molar-refractivity contribution in [2.75, 3.05) is 48.7 Å². The summed E-state index contributed by atoms with van der Waals surface area (Å²) in [6.45, 7) is 7.04. The first-order valence-corrected chi connectivity index (χ1v) is 8.47. The number of nitrogen functional groups attached to an aromatic ring is 1. The first-order valence-electron chi connectivity index (χ1n) is 8.47. The zero-order valence-electron chi connectivity index (χ0n) is 15.5. The molecule has 2 aliphatic heterocycles. The summed E-state index contributed by atoms with van der Waals surface area (Å²) in [5.41, 5.74) is 9.35. The Morgan fingerprint density at radius 1 is 1.15 bits per heavy atom. The minimum absolute atomic E-state index is 0. The molecule has 0 aliphatic carbocycles. The van der Waals surface area contributed by atoms with Crippen LogP contribution in [0.3, 0.4) is 0 Å². The van der Waals surface area contributed by atoms with Gasteiger partial charge in [0, 0.05) is 31.9 Å². The van der Waals surface area contributed by atoms with Gasteiger partial charge in [0.05, 0.1) is 30.1 Å². The van der Waals surface area contributed by atoms with E-state index in [1.807, 2.05) is 6.07 Å². The summed E-state index contributed by atoms with van der Waals surface area (Å²) in [6, 6.07) is 6.53. The number of rotatable bonds is 4. The van der Waals surface area contributed by atoms with E-state index < -0.39 is 0 Å². The number of morpholine rings is 1. The fourth-order valence-corrected chi connectivity index (χ4v) is 3.30. The zero-order valence-corrected chi connectivity index (χ0v) is 15.5. The van der Waals surface area contributed by atoms with E-state index in [2.05, 4.69) is 34.6 Å². The molecule has 9 heteroatoms. The smallest absolute Gasteiger partial charge is 0.0897 e. The largest absolute Gasteiger partial charge is 0.412 e. The van der Waals surface area contributed by atoms with E-state index in [9.17, 15) is 0 Å². The molecule has 1 aromatic carbocycles. The highest BCUT2D eigenvalue weighted by atomic mass is 16.5. The molecule has 0 radical (unpaired) electrons. The third kappa shape index (κ3) is 6.60. The first-order chi connectivity index (χ1) is 10.7. The molecule has 154 valence electrons. The molecule has 0 aromatic heterocycles. The number of nitrogens with two attached hydrogens (primary N) is 1. The summed E-state index contributed by atoms with van der Waals surface area (Å²) in [7, 11) is 0. The van der Waals surface area contributed by atoms with Gasteiger partial charge in [-0.05, 0) is 44.4 Å². The lowest BCUT2D eigenvalue weighted by Crippen LogP contribution is -2.46. The molecule has 2 saturated heterocycles. The summed E-state index contributed by atoms with van der Waals surface area (Å²) in [4.78, 5) is 2.41. The molecule has 0 amide bonds. The highest BCUT2D eigenvalue weighted by Gasteiger charge is 2.21. The van der Waals surface area contributed by atoms with E-state index in [1.165, 1.54) is 24.9 Å². The minimum atomic E-state index is 0. The molecule has 2 atom stereocenters. The van der Waals surface area contributed by atoms with Gasteiger partial charge in [0.15, 0.2) is 0 Å². The van der Waals surface area contributed by atoms with Crippen LogP contribution in [-0.4, -0.2) is 66.8 Å². The Kier molecular flexibility index (Phi) is 13.0. The molecule has 1 aromatic rings. The quantitative estimate of drug-likeness (QED) is 0.552. The Balaban J connectivity index is 0. The summed E-state index contributed by atoms with van der Waals surface area (Å²) < 4.78 is 5.82. The number of piperidine rings is 1. The molecule has 2 heterocycles. The summed E-state index contributed by atoms with van der Waals surface area (Å²) in [5, 5.41) is 6.95. The molecule has 3 rings (SSSR count). The molecule has 2 unspecified atom stereocenters. The maximum absolute atomic E-state index is 6.19. The number of nitrogens with one attached hydrogen (secondary N) is 2. The topological polar surface area (TPSA) is 189 Å². The van der Waals surface area contributed by atoms with Crippen LogP contribution in [0, 0.1) is 0 Å². The summed E-state index contributed by atoms with van der Waals surface area (Å²) >= 11 is 0. The second-order valence-electron chi connectivity index (χ2n) is 6.37. The van der Waals surface area contributed by atoms with Crippen LogP contribution in [0.4, 0.5) is 17.1 Å². The number of hydrogen-bond acceptors (Lipinski definition) is 5. The second kappa shape index (κ2) is 12.7. The molecule has 0 bridgehead atoms. The van der Waals surface area contributed by atoms with Crippen LogP contribution >= 0.6 is 0 Å². The monoisotopic (exact) mass is 376 g/mol. The molecule has 12 N–H and O–H groups in total. The standard InChI is InChI=1S/C17H28N4O.4H2O/c1-13(17-12-19-7-10-22-17)20-14-5-6-15(18)16(11-14)21-8-3-2-4-9-21;;;;/h5-6,11,13,17,19-20H,2-4,7-10,12,18H2,1H3;4*1H2. The Hall–Kier alpha value is -1.62. The van der Waals surface area contributed by atoms with Gasteiger partial charge in [-0.25, -0.2) is 0 Å². The van der Waals surface area contributed by atoms with Crippen LogP contribution in [0.15, 0.2) is 18.2 Å². The highest BCUT2D eigenvalue weighted by Crippen LogP contribution is 2.29. The second-order valence-corrected chi connectivity index (χ2v) is 6.37. The van der Waals surface area contributed by atoms with Crippen molar-refractivity contribution in [2.24, 2.45) is 0 Å². The Labute approximate surface area is 155 Å². The van der Waals surface area contributed by atoms with Crippen molar-refractivity contribution >= 4 is 17.1 Å². The molecule has 2 fully saturated rings. The van der Waals surface area contributed by atoms with Crippen LogP contribution in [0.5, 0.6) is 0 Å². The van der Waals surface area contributed by atoms with Crippen LogP contribution < -0.4 is 21.3 Å². The first kappa shape index (κ1) is 26.6. The zero-order chi connectivity index (χ0) is 15.4. The number of anilines is 3. The molecular formula is C17H36N4O5. The number of ether oxygens (including phenoxy) is 1. The summed E-state index contributed by atoms with van der Waals surface area (Å²) in [6.07, 6.45) is 4.06. The van der Waals surface area contributed by atoms with E-state index in [1.54, 1.807) is 0 Å². The van der Waals surface area contributed by atoms with E-state index in [-0.39, 0.29) is 34.1 Å². The Bertz CT molecular complexity index is 494. The van der Waals surface area contributed by atoms with Crippen LogP contribution in [-0.2, 0) is 4.74 Å². The minimum Gasteiger partial charge on any atom is -0.412 e. The predicted octanol–water partition coefficient (Wildman–Crippen LogP) is -1.25. The van der Waals surface area contributed by atoms with Crippen molar-refractivity contribution in [3.05, 3.63) is 18.2 Å². The maximum Gasteiger partial charge on any atom is 0.0897 e. The summed E-state index contributed by atoms with van der Waals surface area (Å²) in [5.74, 6) is 0. The lowest BCUT2D eigenvalue weighted by molar-refractivity contribution is 0.0201. The van der Waals surface area contributed by atoms with Gasteiger partial charge in [-0.15, -0.1) is 0 Å². The fraction of sp³-hybridized carbons (Fsp3) is 0.647. The van der Waals surface area contributed by atoms with E-state index >= 15 is 0 Å². The number of nitrogens with zero attached hydrogens (tertiary/aromatic N) is 1. The van der Waals surface area contributed by atoms with E-state index in [0.717, 1.165) is 44.2 Å². The van der Waals surface area contributed by atoms with Gasteiger partial charge in [0.2, 0.25) is 0 Å². The highest BCUT2D eigenvalue weighted by molar-refractivity contribution is 5.73. The van der Waals surface area contributed by atoms with E-state index in [4.69, 9.17) is 10.5 Å². The third-order valence-corrected chi connectivity index (χ3v) is 4.64. The van der Waals surface area contributed by atoms with Gasteiger partial charge in [-0.2, -0.15) is 0 Å². The normalized spacial score (nSPS) is 20.3. The van der Waals surface area contributed by atoms with Crippen molar-refractivity contribution in [3.8, 4) is 0 Å². The van der Waals surface area contributed by atoms with E-state index in [0.29, 0.717) is 0 Å². The molecule has 0 spiro atoms.